The van der Waals surface area contributed by atoms with E-state index in [0.717, 1.165) is 5.56 Å². The maximum absolute atomic E-state index is 12.2. The second kappa shape index (κ2) is 6.60. The molecule has 2 rings (SSSR count). The molecule has 4 nitrogen and oxygen atoms in total. The van der Waals surface area contributed by atoms with E-state index in [1.54, 1.807) is 39.0 Å². The second-order valence-corrected chi connectivity index (χ2v) is 5.02. The van der Waals surface area contributed by atoms with Gasteiger partial charge in [0.2, 0.25) is 0 Å². The number of aryl methyl sites for hydroxylation is 2. The summed E-state index contributed by atoms with van der Waals surface area (Å²) < 4.78 is 34.2. The predicted molar refractivity (Wildman–Crippen MR) is 77.1 cm³/mol. The van der Waals surface area contributed by atoms with Crippen molar-refractivity contribution >= 4 is 5.91 Å². The van der Waals surface area contributed by atoms with Crippen molar-refractivity contribution in [3.05, 3.63) is 53.0 Å². The zero-order valence-electron chi connectivity index (χ0n) is 12.5. The Kier molecular flexibility index (Phi) is 4.80. The Morgan fingerprint density at radius 2 is 2.00 bits per heavy atom. The summed E-state index contributed by atoms with van der Waals surface area (Å²) in [6.45, 7) is 2.42. The average molecular weight is 309 g/mol. The molecule has 0 saturated heterocycles. The first-order chi connectivity index (χ1) is 10.4. The zero-order valence-corrected chi connectivity index (χ0v) is 12.5. The molecule has 1 heterocycles. The van der Waals surface area contributed by atoms with Gasteiger partial charge in [0.15, 0.2) is 5.76 Å². The van der Waals surface area contributed by atoms with Gasteiger partial charge in [-0.15, -0.1) is 0 Å². The molecular weight excluding hydrogens is 292 g/mol. The minimum absolute atomic E-state index is 0.0543. The van der Waals surface area contributed by atoms with Crippen LogP contribution in [0.2, 0.25) is 0 Å². The standard InChI is InChI=1S/C16H17F2NO3/c1-9-7-10(2)21-14(9)15(20)19-11(3)12-5-4-6-13(8-12)22-16(17)18/h4-8,11,16H,1-3H3,(H,19,20)/t11-/m0/s1. The van der Waals surface area contributed by atoms with Gasteiger partial charge in [-0.25, -0.2) is 0 Å². The van der Waals surface area contributed by atoms with E-state index in [1.807, 2.05) is 0 Å². The Balaban J connectivity index is 2.10. The molecule has 22 heavy (non-hydrogen) atoms. The van der Waals surface area contributed by atoms with E-state index >= 15 is 0 Å². The normalized spacial score (nSPS) is 12.3. The first kappa shape index (κ1) is 16.0. The molecule has 0 aliphatic heterocycles. The van der Waals surface area contributed by atoms with E-state index in [-0.39, 0.29) is 23.5 Å². The molecule has 1 N–H and O–H groups in total. The summed E-state index contributed by atoms with van der Waals surface area (Å²) in [7, 11) is 0. The van der Waals surface area contributed by atoms with Gasteiger partial charge in [-0.3, -0.25) is 4.79 Å². The van der Waals surface area contributed by atoms with Crippen molar-refractivity contribution in [2.75, 3.05) is 0 Å². The maximum Gasteiger partial charge on any atom is 0.387 e. The van der Waals surface area contributed by atoms with Gasteiger partial charge in [0.1, 0.15) is 11.5 Å². The van der Waals surface area contributed by atoms with Gasteiger partial charge in [0, 0.05) is 5.56 Å². The molecule has 1 atom stereocenters. The van der Waals surface area contributed by atoms with Gasteiger partial charge in [0.05, 0.1) is 6.04 Å². The Labute approximate surface area is 127 Å². The highest BCUT2D eigenvalue weighted by molar-refractivity contribution is 5.93. The van der Waals surface area contributed by atoms with Crippen molar-refractivity contribution in [1.29, 1.82) is 0 Å². The number of benzene rings is 1. The van der Waals surface area contributed by atoms with E-state index in [4.69, 9.17) is 4.42 Å². The summed E-state index contributed by atoms with van der Waals surface area (Å²) >= 11 is 0. The van der Waals surface area contributed by atoms with Crippen molar-refractivity contribution in [1.82, 2.24) is 5.32 Å². The lowest BCUT2D eigenvalue weighted by Crippen LogP contribution is -2.26. The van der Waals surface area contributed by atoms with Crippen LogP contribution in [0.5, 0.6) is 5.75 Å². The zero-order chi connectivity index (χ0) is 16.3. The second-order valence-electron chi connectivity index (χ2n) is 5.02. The van der Waals surface area contributed by atoms with Crippen LogP contribution in [-0.2, 0) is 0 Å². The Hall–Kier alpha value is -2.37. The molecule has 0 bridgehead atoms. The molecule has 2 aromatic rings. The van der Waals surface area contributed by atoms with Crippen LogP contribution < -0.4 is 10.1 Å². The van der Waals surface area contributed by atoms with Crippen LogP contribution in [0.1, 0.15) is 40.4 Å². The number of furan rings is 1. The number of ether oxygens (including phenoxy) is 1. The van der Waals surface area contributed by atoms with Crippen LogP contribution >= 0.6 is 0 Å². The lowest BCUT2D eigenvalue weighted by atomic mass is 10.1. The third kappa shape index (κ3) is 3.84. The van der Waals surface area contributed by atoms with Gasteiger partial charge in [-0.2, -0.15) is 8.78 Å². The quantitative estimate of drug-likeness (QED) is 0.908. The third-order valence-corrected chi connectivity index (χ3v) is 3.18. The third-order valence-electron chi connectivity index (χ3n) is 3.18. The molecule has 0 fully saturated rings. The number of hydrogen-bond acceptors (Lipinski definition) is 3. The van der Waals surface area contributed by atoms with E-state index in [9.17, 15) is 13.6 Å². The monoisotopic (exact) mass is 309 g/mol. The molecule has 0 saturated carbocycles. The summed E-state index contributed by atoms with van der Waals surface area (Å²) in [5, 5.41) is 2.77. The number of rotatable bonds is 5. The number of carbonyl (C=O) groups excluding carboxylic acids is 1. The average Bonchev–Trinajstić information content (AvgIpc) is 2.77. The SMILES string of the molecule is Cc1cc(C)c(C(=O)N[C@@H](C)c2cccc(OC(F)F)c2)o1. The number of alkyl halides is 2. The fourth-order valence-electron chi connectivity index (χ4n) is 2.17. The Morgan fingerprint density at radius 1 is 1.27 bits per heavy atom. The summed E-state index contributed by atoms with van der Waals surface area (Å²) in [6, 6.07) is 7.62. The Morgan fingerprint density at radius 3 is 2.59 bits per heavy atom. The molecule has 0 aliphatic carbocycles. The highest BCUT2D eigenvalue weighted by atomic mass is 19.3. The highest BCUT2D eigenvalue weighted by Crippen LogP contribution is 2.21. The molecule has 6 heteroatoms. The van der Waals surface area contributed by atoms with E-state index < -0.39 is 6.61 Å². The van der Waals surface area contributed by atoms with Crippen LogP contribution in [0.15, 0.2) is 34.7 Å². The predicted octanol–water partition coefficient (Wildman–Crippen LogP) is 3.99. The van der Waals surface area contributed by atoms with Crippen molar-refractivity contribution in [2.45, 2.75) is 33.4 Å². The summed E-state index contributed by atoms with van der Waals surface area (Å²) in [5.41, 5.74) is 1.41. The summed E-state index contributed by atoms with van der Waals surface area (Å²) in [6.07, 6.45) is 0. The fraction of sp³-hybridized carbons (Fsp3) is 0.312. The smallest absolute Gasteiger partial charge is 0.387 e. The lowest BCUT2D eigenvalue weighted by Gasteiger charge is -2.15. The van der Waals surface area contributed by atoms with Crippen molar-refractivity contribution in [2.24, 2.45) is 0 Å². The molecule has 1 aromatic heterocycles. The molecule has 0 aliphatic rings. The molecule has 1 aromatic carbocycles. The largest absolute Gasteiger partial charge is 0.456 e. The molecule has 0 unspecified atom stereocenters. The topological polar surface area (TPSA) is 51.5 Å². The van der Waals surface area contributed by atoms with Crippen LogP contribution in [0.4, 0.5) is 8.78 Å². The Bertz CT molecular complexity index is 667. The summed E-state index contributed by atoms with van der Waals surface area (Å²) in [5.74, 6) is 0.615. The van der Waals surface area contributed by atoms with E-state index in [0.29, 0.717) is 11.3 Å². The van der Waals surface area contributed by atoms with E-state index in [1.165, 1.54) is 12.1 Å². The minimum atomic E-state index is -2.88. The van der Waals surface area contributed by atoms with E-state index in [2.05, 4.69) is 10.1 Å². The number of amides is 1. The van der Waals surface area contributed by atoms with Gasteiger partial charge in [-0.1, -0.05) is 12.1 Å². The van der Waals surface area contributed by atoms with Gasteiger partial charge >= 0.3 is 6.61 Å². The van der Waals surface area contributed by atoms with Crippen LogP contribution in [0, 0.1) is 13.8 Å². The van der Waals surface area contributed by atoms with Crippen molar-refractivity contribution in [3.63, 3.8) is 0 Å². The maximum atomic E-state index is 12.2. The lowest BCUT2D eigenvalue weighted by molar-refractivity contribution is -0.0499. The molecule has 1 amide bonds. The molecule has 118 valence electrons. The van der Waals surface area contributed by atoms with Crippen LogP contribution in [0.25, 0.3) is 0 Å². The number of nitrogens with one attached hydrogen (secondary N) is 1. The van der Waals surface area contributed by atoms with Crippen LogP contribution in [0.3, 0.4) is 0 Å². The first-order valence-electron chi connectivity index (χ1n) is 6.79. The first-order valence-corrected chi connectivity index (χ1v) is 6.79. The molecule has 0 radical (unpaired) electrons. The van der Waals surface area contributed by atoms with Crippen molar-refractivity contribution in [3.8, 4) is 5.75 Å². The summed E-state index contributed by atoms with van der Waals surface area (Å²) in [4.78, 5) is 12.2. The number of hydrogen-bond donors (Lipinski definition) is 1. The molecular formula is C16H17F2NO3. The van der Waals surface area contributed by atoms with Crippen molar-refractivity contribution < 1.29 is 22.7 Å². The number of carbonyl (C=O) groups is 1. The number of halogens is 2. The highest BCUT2D eigenvalue weighted by Gasteiger charge is 2.18. The van der Waals surface area contributed by atoms with Crippen LogP contribution in [-0.4, -0.2) is 12.5 Å². The van der Waals surface area contributed by atoms with Gasteiger partial charge in [-0.05, 0) is 44.5 Å². The van der Waals surface area contributed by atoms with Gasteiger partial charge < -0.3 is 14.5 Å². The molecule has 0 spiro atoms. The van der Waals surface area contributed by atoms with Gasteiger partial charge in [0.25, 0.3) is 5.91 Å². The minimum Gasteiger partial charge on any atom is -0.456 e. The fourth-order valence-corrected chi connectivity index (χ4v) is 2.17.